The second-order valence-corrected chi connectivity index (χ2v) is 3.37. The maximum Gasteiger partial charge on any atom is 0.104 e. The van der Waals surface area contributed by atoms with Crippen molar-refractivity contribution in [1.29, 1.82) is 0 Å². The van der Waals surface area contributed by atoms with E-state index < -0.39 is 0 Å². The van der Waals surface area contributed by atoms with E-state index in [1.54, 1.807) is 0 Å². The molecule has 2 heteroatoms. The average molecular weight is 179 g/mol. The van der Waals surface area contributed by atoms with Gasteiger partial charge in [0.15, 0.2) is 0 Å². The zero-order valence-corrected chi connectivity index (χ0v) is 6.99. The van der Waals surface area contributed by atoms with Crippen molar-refractivity contribution in [3.8, 4) is 0 Å². The zero-order valence-electron chi connectivity index (χ0n) is 5.40. The van der Waals surface area contributed by atoms with Crippen molar-refractivity contribution in [3.63, 3.8) is 0 Å². The molecule has 0 aliphatic rings. The van der Waals surface area contributed by atoms with Crippen molar-refractivity contribution in [2.24, 2.45) is 0 Å². The lowest BCUT2D eigenvalue weighted by atomic mass is 10.2. The van der Waals surface area contributed by atoms with Crippen LogP contribution in [-0.4, -0.2) is 9.93 Å². The highest BCUT2D eigenvalue weighted by atomic mass is 79.9. The van der Waals surface area contributed by atoms with E-state index in [1.165, 1.54) is 0 Å². The number of rotatable bonds is 1. The first kappa shape index (κ1) is 8.02. The third-order valence-electron chi connectivity index (χ3n) is 0.889. The molecule has 0 spiro atoms. The smallest absolute Gasteiger partial charge is 0.104 e. The van der Waals surface area contributed by atoms with Crippen molar-refractivity contribution < 1.29 is 5.11 Å². The number of aliphatic hydroxyl groups excluding tert-OH is 1. The molecule has 8 heavy (non-hydrogen) atoms. The second-order valence-electron chi connectivity index (χ2n) is 2.00. The number of halogens is 1. The van der Waals surface area contributed by atoms with E-state index >= 15 is 0 Å². The van der Waals surface area contributed by atoms with Crippen LogP contribution < -0.4 is 0 Å². The van der Waals surface area contributed by atoms with Crippen molar-refractivity contribution >= 4 is 15.9 Å². The Morgan fingerprint density at radius 3 is 1.88 bits per heavy atom. The quantitative estimate of drug-likeness (QED) is 0.484. The molecule has 0 saturated carbocycles. The van der Waals surface area contributed by atoms with Gasteiger partial charge in [-0.3, -0.25) is 0 Å². The van der Waals surface area contributed by atoms with Crippen LogP contribution in [0.2, 0.25) is 0 Å². The van der Waals surface area contributed by atoms with Gasteiger partial charge in [0.25, 0.3) is 0 Å². The largest absolute Gasteiger partial charge is 0.511 e. The van der Waals surface area contributed by atoms with Crippen molar-refractivity contribution in [2.75, 3.05) is 0 Å². The number of hydrogen-bond acceptors (Lipinski definition) is 1. The van der Waals surface area contributed by atoms with Gasteiger partial charge >= 0.3 is 0 Å². The van der Waals surface area contributed by atoms with Crippen molar-refractivity contribution in [2.45, 2.75) is 25.6 Å². The molecule has 48 valence electrons. The summed E-state index contributed by atoms with van der Waals surface area (Å²) in [6.45, 7) is 5.66. The van der Waals surface area contributed by atoms with E-state index in [1.807, 2.05) is 20.8 Å². The molecule has 0 heterocycles. The molecule has 0 aliphatic carbocycles. The van der Waals surface area contributed by atoms with Crippen LogP contribution in [0.5, 0.6) is 0 Å². The van der Waals surface area contributed by atoms with Gasteiger partial charge in [-0.1, -0.05) is 15.9 Å². The summed E-state index contributed by atoms with van der Waals surface area (Å²) >= 11 is 3.23. The van der Waals surface area contributed by atoms with Crippen molar-refractivity contribution in [1.82, 2.24) is 0 Å². The van der Waals surface area contributed by atoms with E-state index in [-0.39, 0.29) is 4.83 Å². The molecule has 0 rings (SSSR count). The van der Waals surface area contributed by atoms with Gasteiger partial charge in [-0.15, -0.1) is 0 Å². The lowest BCUT2D eigenvalue weighted by Crippen LogP contribution is -1.96. The number of hydrogen-bond donors (Lipinski definition) is 1. The normalized spacial score (nSPS) is 13.0. The Hall–Kier alpha value is 0.0200. The number of allylic oxidation sites excluding steroid dienone is 2. The van der Waals surface area contributed by atoms with E-state index in [9.17, 15) is 0 Å². The van der Waals surface area contributed by atoms with Crippen LogP contribution in [0.4, 0.5) is 0 Å². The molecule has 0 amide bonds. The zero-order chi connectivity index (χ0) is 6.73. The maximum absolute atomic E-state index is 9.04. The summed E-state index contributed by atoms with van der Waals surface area (Å²) in [4.78, 5) is 0.0903. The Balaban J connectivity index is 4.00. The summed E-state index contributed by atoms with van der Waals surface area (Å²) in [6, 6.07) is 0. The first-order valence-electron chi connectivity index (χ1n) is 2.56. The Kier molecular flexibility index (Phi) is 3.13. The predicted molar refractivity (Wildman–Crippen MR) is 39.4 cm³/mol. The minimum atomic E-state index is 0.0903. The third kappa shape index (κ3) is 2.36. The highest BCUT2D eigenvalue weighted by Crippen LogP contribution is 2.11. The second kappa shape index (κ2) is 3.13. The van der Waals surface area contributed by atoms with Gasteiger partial charge in [-0.25, -0.2) is 0 Å². The van der Waals surface area contributed by atoms with Gasteiger partial charge in [0, 0.05) is 0 Å². The van der Waals surface area contributed by atoms with Crippen LogP contribution in [0.1, 0.15) is 20.8 Å². The topological polar surface area (TPSA) is 20.2 Å². The fourth-order valence-electron chi connectivity index (χ4n) is 0.398. The lowest BCUT2D eigenvalue weighted by molar-refractivity contribution is 0.393. The van der Waals surface area contributed by atoms with Crippen LogP contribution in [0.25, 0.3) is 0 Å². The predicted octanol–water partition coefficient (Wildman–Crippen LogP) is 2.62. The molecule has 0 bridgehead atoms. The van der Waals surface area contributed by atoms with Gasteiger partial charge in [0.05, 0.1) is 4.83 Å². The van der Waals surface area contributed by atoms with Crippen LogP contribution in [0.3, 0.4) is 0 Å². The summed E-state index contributed by atoms with van der Waals surface area (Å²) in [5.41, 5.74) is 0.967. The molecule has 0 aliphatic heterocycles. The molecule has 1 nitrogen and oxygen atoms in total. The molecule has 0 radical (unpaired) electrons. The molecular weight excluding hydrogens is 168 g/mol. The lowest BCUT2D eigenvalue weighted by Gasteiger charge is -2.02. The van der Waals surface area contributed by atoms with Gasteiger partial charge in [-0.05, 0) is 26.3 Å². The standard InChI is InChI=1S/C6H11BrO/c1-4(2)6(8)5(3)7/h5,8H,1-3H3. The SMILES string of the molecule is CC(C)=C(O)C(C)Br. The van der Waals surface area contributed by atoms with Crippen LogP contribution in [0, 0.1) is 0 Å². The van der Waals surface area contributed by atoms with Crippen molar-refractivity contribution in [3.05, 3.63) is 11.3 Å². The van der Waals surface area contributed by atoms with Gasteiger partial charge in [0.1, 0.15) is 5.76 Å². The highest BCUT2D eigenvalue weighted by Gasteiger charge is 2.01. The Bertz CT molecular complexity index is 101. The summed E-state index contributed by atoms with van der Waals surface area (Å²) in [7, 11) is 0. The Labute approximate surface area is 58.5 Å². The monoisotopic (exact) mass is 178 g/mol. The van der Waals surface area contributed by atoms with Crippen LogP contribution >= 0.6 is 15.9 Å². The summed E-state index contributed by atoms with van der Waals surface area (Å²) in [5.74, 6) is 0.435. The first-order valence-corrected chi connectivity index (χ1v) is 3.47. The van der Waals surface area contributed by atoms with E-state index in [2.05, 4.69) is 15.9 Å². The van der Waals surface area contributed by atoms with E-state index in [0.29, 0.717) is 5.76 Å². The molecule has 0 fully saturated rings. The molecule has 1 unspecified atom stereocenters. The summed E-state index contributed by atoms with van der Waals surface area (Å²) in [6.07, 6.45) is 0. The average Bonchev–Trinajstić information content (AvgIpc) is 1.64. The molecule has 1 N–H and O–H groups in total. The number of aliphatic hydroxyl groups is 1. The summed E-state index contributed by atoms with van der Waals surface area (Å²) in [5, 5.41) is 9.04. The van der Waals surface area contributed by atoms with Gasteiger partial charge < -0.3 is 5.11 Å². The van der Waals surface area contributed by atoms with Crippen LogP contribution in [0.15, 0.2) is 11.3 Å². The number of alkyl halides is 1. The van der Waals surface area contributed by atoms with Gasteiger partial charge in [0.2, 0.25) is 0 Å². The maximum atomic E-state index is 9.04. The van der Waals surface area contributed by atoms with Gasteiger partial charge in [-0.2, -0.15) is 0 Å². The minimum Gasteiger partial charge on any atom is -0.511 e. The van der Waals surface area contributed by atoms with E-state index in [4.69, 9.17) is 5.11 Å². The Morgan fingerprint density at radius 2 is 1.88 bits per heavy atom. The molecule has 0 aromatic heterocycles. The third-order valence-corrected chi connectivity index (χ3v) is 1.32. The molecule has 0 aromatic rings. The van der Waals surface area contributed by atoms with E-state index in [0.717, 1.165) is 5.57 Å². The summed E-state index contributed by atoms with van der Waals surface area (Å²) < 4.78 is 0. The highest BCUT2D eigenvalue weighted by molar-refractivity contribution is 9.09. The molecule has 1 atom stereocenters. The fraction of sp³-hybridized carbons (Fsp3) is 0.667. The molecule has 0 aromatic carbocycles. The minimum absolute atomic E-state index is 0.0903. The molecular formula is C6H11BrO. The fourth-order valence-corrected chi connectivity index (χ4v) is 0.856. The first-order chi connectivity index (χ1) is 3.55. The molecule has 0 saturated heterocycles. The Morgan fingerprint density at radius 1 is 1.50 bits per heavy atom. The van der Waals surface area contributed by atoms with Crippen LogP contribution in [-0.2, 0) is 0 Å².